The fourth-order valence-corrected chi connectivity index (χ4v) is 0.566. The van der Waals surface area contributed by atoms with Crippen molar-refractivity contribution in [3.8, 4) is 0 Å². The molecule has 6 heteroatoms. The van der Waals surface area contributed by atoms with Crippen molar-refractivity contribution in [2.45, 2.75) is 0 Å². The van der Waals surface area contributed by atoms with Crippen molar-refractivity contribution in [1.82, 2.24) is 5.32 Å². The maximum Gasteiger partial charge on any atom is 0.469 e. The Balaban J connectivity index is 3.18. The molecule has 0 fully saturated rings. The first-order valence-electron chi connectivity index (χ1n) is 2.26. The predicted octanol–water partition coefficient (Wildman–Crippen LogP) is -0.523. The minimum Gasteiger partial charge on any atom is -0.313 e. The fourth-order valence-electron chi connectivity index (χ4n) is 0.237. The number of hydrogen-bond acceptors (Lipinski definition) is 3. The third-order valence-corrected chi connectivity index (χ3v) is 1.06. The van der Waals surface area contributed by atoms with E-state index in [1.54, 1.807) is 0 Å². The van der Waals surface area contributed by atoms with Gasteiger partial charge in [0.25, 0.3) is 0 Å². The summed E-state index contributed by atoms with van der Waals surface area (Å²) in [6, 6.07) is 0. The summed E-state index contributed by atoms with van der Waals surface area (Å²) in [6.45, 7) is 0.291. The summed E-state index contributed by atoms with van der Waals surface area (Å²) in [5.41, 5.74) is 0. The molecule has 0 saturated heterocycles. The number of hydrogen-bond donors (Lipinski definition) is 3. The van der Waals surface area contributed by atoms with E-state index in [0.717, 1.165) is 0 Å². The van der Waals surface area contributed by atoms with E-state index in [1.165, 1.54) is 0 Å². The van der Waals surface area contributed by atoms with Crippen LogP contribution < -0.4 is 5.32 Å². The van der Waals surface area contributed by atoms with E-state index >= 15 is 0 Å². The minimum absolute atomic E-state index is 0.0340. The van der Waals surface area contributed by atoms with Gasteiger partial charge in [-0.15, -0.1) is 0 Å². The van der Waals surface area contributed by atoms with Gasteiger partial charge in [0.15, 0.2) is 0 Å². The van der Waals surface area contributed by atoms with E-state index in [4.69, 9.17) is 9.79 Å². The molecule has 0 aromatic carbocycles. The smallest absolute Gasteiger partial charge is 0.313 e. The van der Waals surface area contributed by atoms with Crippen LogP contribution in [0, 0.1) is 7.05 Å². The molecule has 5 nitrogen and oxygen atoms in total. The third-order valence-electron chi connectivity index (χ3n) is 0.538. The van der Waals surface area contributed by atoms with Crippen molar-refractivity contribution >= 4 is 7.82 Å². The van der Waals surface area contributed by atoms with Crippen LogP contribution in [0.1, 0.15) is 0 Å². The topological polar surface area (TPSA) is 78.8 Å². The molecule has 0 heterocycles. The standard InChI is InChI=1S/C3H9NO4P/c1-4-2-3-8-9(5,6)7/h4H,1-3H2,(H2,5,6,7). The molecule has 0 atom stereocenters. The van der Waals surface area contributed by atoms with Crippen molar-refractivity contribution in [3.63, 3.8) is 0 Å². The van der Waals surface area contributed by atoms with E-state index < -0.39 is 7.82 Å². The van der Waals surface area contributed by atoms with Gasteiger partial charge in [0.1, 0.15) is 0 Å². The molecule has 0 aliphatic heterocycles. The molecule has 0 spiro atoms. The lowest BCUT2D eigenvalue weighted by Crippen LogP contribution is -2.10. The molecule has 0 amide bonds. The van der Waals surface area contributed by atoms with Crippen LogP contribution in [0.4, 0.5) is 0 Å². The largest absolute Gasteiger partial charge is 0.469 e. The van der Waals surface area contributed by atoms with Gasteiger partial charge < -0.3 is 15.1 Å². The molecule has 0 saturated carbocycles. The van der Waals surface area contributed by atoms with Crippen LogP contribution in [-0.4, -0.2) is 22.9 Å². The molecule has 0 aliphatic rings. The highest BCUT2D eigenvalue weighted by atomic mass is 31.2. The maximum atomic E-state index is 9.93. The molecule has 0 aromatic heterocycles. The highest BCUT2D eigenvalue weighted by molar-refractivity contribution is 7.46. The molecule has 55 valence electrons. The number of phosphoric ester groups is 1. The zero-order valence-electron chi connectivity index (χ0n) is 4.78. The molecule has 1 radical (unpaired) electrons. The van der Waals surface area contributed by atoms with Crippen molar-refractivity contribution in [2.75, 3.05) is 13.2 Å². The first kappa shape index (κ1) is 9.07. The fraction of sp³-hybridized carbons (Fsp3) is 0.667. The zero-order chi connectivity index (χ0) is 7.33. The van der Waals surface area contributed by atoms with E-state index in [9.17, 15) is 4.57 Å². The highest BCUT2D eigenvalue weighted by Crippen LogP contribution is 2.34. The second-order valence-electron chi connectivity index (χ2n) is 1.32. The van der Waals surface area contributed by atoms with Crippen molar-refractivity contribution in [2.24, 2.45) is 0 Å². The summed E-state index contributed by atoms with van der Waals surface area (Å²) in [5, 5.41) is 2.42. The van der Waals surface area contributed by atoms with Gasteiger partial charge in [-0.3, -0.25) is 4.52 Å². The van der Waals surface area contributed by atoms with Gasteiger partial charge >= 0.3 is 7.82 Å². The van der Waals surface area contributed by atoms with Crippen LogP contribution in [0.25, 0.3) is 0 Å². The average Bonchev–Trinajstić information content (AvgIpc) is 1.63. The summed E-state index contributed by atoms with van der Waals surface area (Å²) < 4.78 is 14.0. The summed E-state index contributed by atoms with van der Waals surface area (Å²) in [7, 11) is -1.04. The average molecular weight is 154 g/mol. The molecular weight excluding hydrogens is 145 g/mol. The van der Waals surface area contributed by atoms with Gasteiger partial charge in [0.05, 0.1) is 6.61 Å². The Hall–Kier alpha value is 0.0700. The summed E-state index contributed by atoms with van der Waals surface area (Å²) in [6.07, 6.45) is 0. The van der Waals surface area contributed by atoms with E-state index in [2.05, 4.69) is 16.9 Å². The lowest BCUT2D eigenvalue weighted by atomic mass is 10.7. The van der Waals surface area contributed by atoms with E-state index in [-0.39, 0.29) is 6.61 Å². The van der Waals surface area contributed by atoms with Gasteiger partial charge in [0.2, 0.25) is 0 Å². The van der Waals surface area contributed by atoms with E-state index in [1.807, 2.05) is 0 Å². The van der Waals surface area contributed by atoms with Gasteiger partial charge in [0, 0.05) is 13.6 Å². The highest BCUT2D eigenvalue weighted by Gasteiger charge is 2.11. The SMILES string of the molecule is [CH2]NCCOP(=O)(O)O. The van der Waals surface area contributed by atoms with Crippen LogP contribution >= 0.6 is 7.82 Å². The van der Waals surface area contributed by atoms with Gasteiger partial charge in [-0.1, -0.05) is 0 Å². The lowest BCUT2D eigenvalue weighted by molar-refractivity contribution is 0.199. The predicted molar refractivity (Wildman–Crippen MR) is 31.4 cm³/mol. The van der Waals surface area contributed by atoms with Crippen molar-refractivity contribution < 1.29 is 18.9 Å². The molecule has 0 aliphatic carbocycles. The molecule has 0 unspecified atom stereocenters. The lowest BCUT2D eigenvalue weighted by Gasteiger charge is -2.02. The Morgan fingerprint density at radius 3 is 2.56 bits per heavy atom. The summed E-state index contributed by atoms with van der Waals surface area (Å²) >= 11 is 0. The van der Waals surface area contributed by atoms with Gasteiger partial charge in [-0.25, -0.2) is 4.57 Å². The first-order valence-corrected chi connectivity index (χ1v) is 3.79. The monoisotopic (exact) mass is 154 g/mol. The quantitative estimate of drug-likeness (QED) is 0.375. The normalized spacial score (nSPS) is 11.9. The Labute approximate surface area is 53.3 Å². The van der Waals surface area contributed by atoms with E-state index in [0.29, 0.717) is 6.54 Å². The van der Waals surface area contributed by atoms with Crippen molar-refractivity contribution in [3.05, 3.63) is 7.05 Å². The van der Waals surface area contributed by atoms with Crippen molar-refractivity contribution in [1.29, 1.82) is 0 Å². The number of nitrogens with one attached hydrogen (secondary N) is 1. The molecule has 0 rings (SSSR count). The molecular formula is C3H9NO4P. The van der Waals surface area contributed by atoms with Crippen LogP contribution in [0.5, 0.6) is 0 Å². The number of phosphoric acid groups is 1. The maximum absolute atomic E-state index is 9.93. The molecule has 0 aromatic rings. The molecule has 3 N–H and O–H groups in total. The third kappa shape index (κ3) is 8.07. The van der Waals surface area contributed by atoms with Crippen LogP contribution in [0.2, 0.25) is 0 Å². The summed E-state index contributed by atoms with van der Waals surface area (Å²) in [4.78, 5) is 16.2. The van der Waals surface area contributed by atoms with Crippen LogP contribution in [0.3, 0.4) is 0 Å². The van der Waals surface area contributed by atoms with Gasteiger partial charge in [-0.2, -0.15) is 0 Å². The van der Waals surface area contributed by atoms with Crippen LogP contribution in [0.15, 0.2) is 0 Å². The molecule has 0 bridgehead atoms. The minimum atomic E-state index is -4.26. The molecule has 9 heavy (non-hydrogen) atoms. The Morgan fingerprint density at radius 1 is 1.67 bits per heavy atom. The van der Waals surface area contributed by atoms with Gasteiger partial charge in [-0.05, 0) is 0 Å². The summed E-state index contributed by atoms with van der Waals surface area (Å²) in [5.74, 6) is 0. The Morgan fingerprint density at radius 2 is 2.22 bits per heavy atom. The second-order valence-corrected chi connectivity index (χ2v) is 2.56. The number of rotatable bonds is 4. The Kier molecular flexibility index (Phi) is 4.01. The van der Waals surface area contributed by atoms with Crippen LogP contribution in [-0.2, 0) is 9.09 Å². The zero-order valence-corrected chi connectivity index (χ0v) is 5.67. The first-order chi connectivity index (χ1) is 4.06. The second kappa shape index (κ2) is 3.98. The Bertz CT molecular complexity index is 110.